The van der Waals surface area contributed by atoms with Crippen LogP contribution < -0.4 is 10.6 Å². The zero-order chi connectivity index (χ0) is 23.8. The fraction of sp³-hybridized carbons (Fsp3) is 0.538. The number of rotatable bonds is 8. The van der Waals surface area contributed by atoms with Crippen LogP contribution in [-0.2, 0) is 14.4 Å². The van der Waals surface area contributed by atoms with Gasteiger partial charge in [-0.3, -0.25) is 19.2 Å². The molecule has 8 heteroatoms. The Morgan fingerprint density at radius 1 is 1.12 bits per heavy atom. The second-order valence-corrected chi connectivity index (χ2v) is 9.99. The molecule has 2 aromatic rings. The third-order valence-corrected chi connectivity index (χ3v) is 7.53. The molecule has 2 heterocycles. The molecule has 4 atom stereocenters. The third kappa shape index (κ3) is 4.33. The summed E-state index contributed by atoms with van der Waals surface area (Å²) in [5.41, 5.74) is 1.34. The Bertz CT molecular complexity index is 1090. The quantitative estimate of drug-likeness (QED) is 0.521. The number of likely N-dealkylation sites (tertiary alicyclic amines) is 1. The van der Waals surface area contributed by atoms with E-state index in [1.165, 1.54) is 0 Å². The standard InChI is InChI=1S/C26H32N4O4/c1-2-6-20(23(31)25(33)27-17-11-12-17)29-24(32)22-18-9-5-8-16(18)14-30(22)26(34)21-13-15-7-3-4-10-19(15)28-21/h3-4,7,10,13,16-18,20,22,28H,2,5-6,8-9,11-12,14H2,1H3,(H,27,33)(H,29,32)/t16-,18-,20-,22-/m0/s1. The Morgan fingerprint density at radius 2 is 1.91 bits per heavy atom. The Morgan fingerprint density at radius 3 is 2.65 bits per heavy atom. The number of para-hydroxylation sites is 1. The molecular weight excluding hydrogens is 432 g/mol. The molecule has 8 nitrogen and oxygen atoms in total. The zero-order valence-electron chi connectivity index (χ0n) is 19.5. The second-order valence-electron chi connectivity index (χ2n) is 9.99. The van der Waals surface area contributed by atoms with Gasteiger partial charge in [0.2, 0.25) is 11.7 Å². The number of nitrogens with zero attached hydrogens (tertiary/aromatic N) is 1. The van der Waals surface area contributed by atoms with Crippen molar-refractivity contribution in [2.45, 2.75) is 70.0 Å². The molecule has 2 aliphatic carbocycles. The van der Waals surface area contributed by atoms with Gasteiger partial charge in [0.05, 0.1) is 6.04 Å². The third-order valence-electron chi connectivity index (χ3n) is 7.53. The summed E-state index contributed by atoms with van der Waals surface area (Å²) >= 11 is 0. The maximum atomic E-state index is 13.6. The summed E-state index contributed by atoms with van der Waals surface area (Å²) in [6, 6.07) is 8.09. The molecule has 0 unspecified atom stereocenters. The predicted octanol–water partition coefficient (Wildman–Crippen LogP) is 2.54. The van der Waals surface area contributed by atoms with E-state index in [0.717, 1.165) is 43.0 Å². The number of H-pyrrole nitrogens is 1. The minimum Gasteiger partial charge on any atom is -0.351 e. The van der Waals surface area contributed by atoms with E-state index < -0.39 is 23.8 Å². The Labute approximate surface area is 198 Å². The highest BCUT2D eigenvalue weighted by molar-refractivity contribution is 6.38. The lowest BCUT2D eigenvalue weighted by molar-refractivity contribution is -0.140. The van der Waals surface area contributed by atoms with Gasteiger partial charge in [0.15, 0.2) is 0 Å². The summed E-state index contributed by atoms with van der Waals surface area (Å²) in [5.74, 6) is -1.40. The predicted molar refractivity (Wildman–Crippen MR) is 127 cm³/mol. The Kier molecular flexibility index (Phi) is 6.15. The number of benzene rings is 1. The molecule has 3 aliphatic rings. The number of Topliss-reactive ketones (excluding diaryl/α,β-unsaturated/α-hetero) is 1. The molecule has 2 saturated carbocycles. The van der Waals surface area contributed by atoms with Gasteiger partial charge in [0.25, 0.3) is 11.8 Å². The minimum absolute atomic E-state index is 0.0750. The number of hydrogen-bond acceptors (Lipinski definition) is 4. The lowest BCUT2D eigenvalue weighted by Crippen LogP contribution is -2.54. The Hall–Kier alpha value is -3.16. The first-order chi connectivity index (χ1) is 16.5. The number of carbonyl (C=O) groups is 4. The summed E-state index contributed by atoms with van der Waals surface area (Å²) in [6.07, 6.45) is 5.73. The first kappa shape index (κ1) is 22.6. The summed E-state index contributed by atoms with van der Waals surface area (Å²) in [6.45, 7) is 2.45. The number of hydrogen-bond donors (Lipinski definition) is 3. The highest BCUT2D eigenvalue weighted by atomic mass is 16.2. The van der Waals surface area contributed by atoms with Crippen molar-refractivity contribution >= 4 is 34.4 Å². The average Bonchev–Trinajstić information content (AvgIpc) is 3.22. The summed E-state index contributed by atoms with van der Waals surface area (Å²) in [4.78, 5) is 57.1. The number of carbonyl (C=O) groups excluding carboxylic acids is 4. The van der Waals surface area contributed by atoms with E-state index >= 15 is 0 Å². The molecule has 1 aliphatic heterocycles. The van der Waals surface area contributed by atoms with Crippen LogP contribution in [-0.4, -0.2) is 58.1 Å². The number of aromatic nitrogens is 1. The molecular formula is C26H32N4O4. The van der Waals surface area contributed by atoms with Crippen LogP contribution in [0, 0.1) is 11.8 Å². The van der Waals surface area contributed by atoms with E-state index in [9.17, 15) is 19.2 Å². The van der Waals surface area contributed by atoms with E-state index in [0.29, 0.717) is 25.1 Å². The summed E-state index contributed by atoms with van der Waals surface area (Å²) in [7, 11) is 0. The van der Waals surface area contributed by atoms with Crippen LogP contribution >= 0.6 is 0 Å². The number of nitrogens with one attached hydrogen (secondary N) is 3. The van der Waals surface area contributed by atoms with Gasteiger partial charge in [-0.05, 0) is 56.1 Å². The molecule has 1 aromatic carbocycles. The first-order valence-corrected chi connectivity index (χ1v) is 12.5. The number of aromatic amines is 1. The van der Waals surface area contributed by atoms with Crippen molar-refractivity contribution in [2.24, 2.45) is 11.8 Å². The van der Waals surface area contributed by atoms with Crippen molar-refractivity contribution in [3.05, 3.63) is 36.0 Å². The smallest absolute Gasteiger partial charge is 0.289 e. The van der Waals surface area contributed by atoms with E-state index in [-0.39, 0.29) is 29.7 Å². The van der Waals surface area contributed by atoms with Crippen molar-refractivity contribution in [1.82, 2.24) is 20.5 Å². The fourth-order valence-electron chi connectivity index (χ4n) is 5.65. The molecule has 3 N–H and O–H groups in total. The van der Waals surface area contributed by atoms with Gasteiger partial charge in [0, 0.05) is 23.5 Å². The van der Waals surface area contributed by atoms with E-state index in [4.69, 9.17) is 0 Å². The zero-order valence-corrected chi connectivity index (χ0v) is 19.5. The number of fused-ring (bicyclic) bond motifs is 2. The second kappa shape index (κ2) is 9.24. The fourth-order valence-corrected chi connectivity index (χ4v) is 5.65. The lowest BCUT2D eigenvalue weighted by atomic mass is 9.93. The average molecular weight is 465 g/mol. The van der Waals surface area contributed by atoms with Gasteiger partial charge < -0.3 is 20.5 Å². The van der Waals surface area contributed by atoms with E-state index in [2.05, 4.69) is 15.6 Å². The summed E-state index contributed by atoms with van der Waals surface area (Å²) in [5, 5.41) is 6.53. The normalized spacial score (nSPS) is 24.6. The van der Waals surface area contributed by atoms with Crippen molar-refractivity contribution in [3.8, 4) is 0 Å². The molecule has 1 saturated heterocycles. The number of ketones is 1. The maximum absolute atomic E-state index is 13.6. The SMILES string of the molecule is CCC[C@H](NC(=O)[C@@H]1[C@H]2CCC[C@H]2CN1C(=O)c1cc2ccccc2[nH]1)C(=O)C(=O)NC1CC1. The molecule has 5 rings (SSSR count). The van der Waals surface area contributed by atoms with Crippen molar-refractivity contribution in [1.29, 1.82) is 0 Å². The van der Waals surface area contributed by atoms with Gasteiger partial charge in [-0.1, -0.05) is 38.0 Å². The van der Waals surface area contributed by atoms with Crippen molar-refractivity contribution in [2.75, 3.05) is 6.54 Å². The van der Waals surface area contributed by atoms with Crippen molar-refractivity contribution < 1.29 is 19.2 Å². The molecule has 1 aromatic heterocycles. The van der Waals surface area contributed by atoms with E-state index in [1.54, 1.807) is 4.90 Å². The summed E-state index contributed by atoms with van der Waals surface area (Å²) < 4.78 is 0. The topological polar surface area (TPSA) is 111 Å². The van der Waals surface area contributed by atoms with Gasteiger partial charge in [0.1, 0.15) is 11.7 Å². The van der Waals surface area contributed by atoms with Crippen LogP contribution in [0.25, 0.3) is 10.9 Å². The molecule has 3 fully saturated rings. The highest BCUT2D eigenvalue weighted by Crippen LogP contribution is 2.43. The van der Waals surface area contributed by atoms with Crippen LogP contribution in [0.1, 0.15) is 62.4 Å². The van der Waals surface area contributed by atoms with Crippen LogP contribution in [0.5, 0.6) is 0 Å². The molecule has 3 amide bonds. The van der Waals surface area contributed by atoms with Crippen LogP contribution in [0.15, 0.2) is 30.3 Å². The molecule has 0 spiro atoms. The lowest BCUT2D eigenvalue weighted by Gasteiger charge is -2.28. The highest BCUT2D eigenvalue weighted by Gasteiger charge is 2.50. The Balaban J connectivity index is 1.36. The monoisotopic (exact) mass is 464 g/mol. The minimum atomic E-state index is -0.873. The molecule has 180 valence electrons. The van der Waals surface area contributed by atoms with Crippen LogP contribution in [0.3, 0.4) is 0 Å². The van der Waals surface area contributed by atoms with Gasteiger partial charge in [-0.25, -0.2) is 0 Å². The van der Waals surface area contributed by atoms with Crippen LogP contribution in [0.2, 0.25) is 0 Å². The molecule has 34 heavy (non-hydrogen) atoms. The van der Waals surface area contributed by atoms with Crippen LogP contribution in [0.4, 0.5) is 0 Å². The van der Waals surface area contributed by atoms with E-state index in [1.807, 2.05) is 37.3 Å². The van der Waals surface area contributed by atoms with Gasteiger partial charge in [-0.2, -0.15) is 0 Å². The first-order valence-electron chi connectivity index (χ1n) is 12.5. The largest absolute Gasteiger partial charge is 0.351 e. The number of amides is 3. The van der Waals surface area contributed by atoms with Gasteiger partial charge >= 0.3 is 0 Å². The van der Waals surface area contributed by atoms with Crippen molar-refractivity contribution in [3.63, 3.8) is 0 Å². The van der Waals surface area contributed by atoms with Gasteiger partial charge in [-0.15, -0.1) is 0 Å². The molecule has 0 radical (unpaired) electrons. The maximum Gasteiger partial charge on any atom is 0.289 e. The molecule has 0 bridgehead atoms.